The van der Waals surface area contributed by atoms with Crippen LogP contribution < -0.4 is 10.6 Å². The fourth-order valence-electron chi connectivity index (χ4n) is 2.52. The van der Waals surface area contributed by atoms with Gasteiger partial charge in [-0.3, -0.25) is 9.59 Å². The van der Waals surface area contributed by atoms with E-state index in [0.717, 1.165) is 12.2 Å². The van der Waals surface area contributed by atoms with Crippen LogP contribution in [0.4, 0.5) is 5.69 Å². The first-order chi connectivity index (χ1) is 9.49. The molecule has 1 amide bonds. The summed E-state index contributed by atoms with van der Waals surface area (Å²) in [6.45, 7) is 6.03. The fourth-order valence-corrected chi connectivity index (χ4v) is 2.52. The van der Waals surface area contributed by atoms with E-state index in [0.29, 0.717) is 6.42 Å². The van der Waals surface area contributed by atoms with Crippen LogP contribution in [-0.2, 0) is 9.59 Å². The second-order valence-corrected chi connectivity index (χ2v) is 5.73. The van der Waals surface area contributed by atoms with Gasteiger partial charge >= 0.3 is 0 Å². The lowest BCUT2D eigenvalue weighted by atomic mass is 9.92. The van der Waals surface area contributed by atoms with Crippen molar-refractivity contribution in [2.45, 2.75) is 39.2 Å². The molecule has 1 unspecified atom stereocenters. The van der Waals surface area contributed by atoms with E-state index in [1.807, 2.05) is 32.0 Å². The van der Waals surface area contributed by atoms with Crippen molar-refractivity contribution in [3.8, 4) is 0 Å². The number of hydrogen-bond acceptors (Lipinski definition) is 3. The molecule has 4 nitrogen and oxygen atoms in total. The van der Waals surface area contributed by atoms with E-state index in [1.165, 1.54) is 5.56 Å². The number of nitrogens with one attached hydrogen (secondary N) is 2. The van der Waals surface area contributed by atoms with Crippen LogP contribution in [-0.4, -0.2) is 24.3 Å². The van der Waals surface area contributed by atoms with Gasteiger partial charge in [0.15, 0.2) is 5.78 Å². The molecule has 0 saturated heterocycles. The quantitative estimate of drug-likeness (QED) is 0.866. The summed E-state index contributed by atoms with van der Waals surface area (Å²) in [5.41, 5.74) is 2.37. The average molecular weight is 274 g/mol. The van der Waals surface area contributed by atoms with Gasteiger partial charge in [-0.05, 0) is 25.0 Å². The molecular formula is C16H22N2O2. The van der Waals surface area contributed by atoms with E-state index in [4.69, 9.17) is 0 Å². The lowest BCUT2D eigenvalue weighted by Gasteiger charge is -2.21. The van der Waals surface area contributed by atoms with Crippen molar-refractivity contribution in [3.63, 3.8) is 0 Å². The first-order valence-electron chi connectivity index (χ1n) is 7.12. The Hall–Kier alpha value is -1.84. The Bertz CT molecular complexity index is 511. The van der Waals surface area contributed by atoms with Crippen molar-refractivity contribution in [1.29, 1.82) is 0 Å². The minimum absolute atomic E-state index is 0.0170. The zero-order chi connectivity index (χ0) is 14.7. The topological polar surface area (TPSA) is 58.2 Å². The first kappa shape index (κ1) is 14.6. The van der Waals surface area contributed by atoms with Crippen LogP contribution in [0.3, 0.4) is 0 Å². The Kier molecular flexibility index (Phi) is 4.42. The first-order valence-corrected chi connectivity index (χ1v) is 7.12. The highest BCUT2D eigenvalue weighted by Gasteiger charge is 2.28. The molecule has 20 heavy (non-hydrogen) atoms. The Balaban J connectivity index is 2.07. The van der Waals surface area contributed by atoms with Crippen molar-refractivity contribution in [2.24, 2.45) is 5.92 Å². The number of rotatable bonds is 5. The molecule has 2 rings (SSSR count). The number of fused-ring (bicyclic) bond motifs is 1. The zero-order valence-electron chi connectivity index (χ0n) is 12.3. The fraction of sp³-hybridized carbons (Fsp3) is 0.500. The van der Waals surface area contributed by atoms with Crippen LogP contribution in [0, 0.1) is 5.92 Å². The maximum Gasteiger partial charge on any atom is 0.223 e. The molecule has 108 valence electrons. The Morgan fingerprint density at radius 3 is 2.70 bits per heavy atom. The molecule has 0 fully saturated rings. The third-order valence-electron chi connectivity index (χ3n) is 3.79. The predicted octanol–water partition coefficient (Wildman–Crippen LogP) is 2.32. The van der Waals surface area contributed by atoms with Crippen molar-refractivity contribution in [1.82, 2.24) is 5.32 Å². The summed E-state index contributed by atoms with van der Waals surface area (Å²) in [5.74, 6) is 0.117. The van der Waals surface area contributed by atoms with Crippen LogP contribution in [0.5, 0.6) is 0 Å². The Morgan fingerprint density at radius 1 is 1.35 bits per heavy atom. The standard InChI is InChI=1S/C16H22N2O2/c1-10(2)16(20)18-15(11(3)19)8-12-9-17-14-7-5-4-6-13(12)14/h4-7,10,12,15,17H,8-9H2,1-3H3,(H,18,20)/t12?,15-/m0/s1. The number of benzene rings is 1. The molecule has 0 saturated carbocycles. The third-order valence-corrected chi connectivity index (χ3v) is 3.79. The van der Waals surface area contributed by atoms with Gasteiger partial charge in [0.1, 0.15) is 0 Å². The lowest BCUT2D eigenvalue weighted by Crippen LogP contribution is -2.42. The molecule has 0 spiro atoms. The third kappa shape index (κ3) is 3.18. The monoisotopic (exact) mass is 274 g/mol. The van der Waals surface area contributed by atoms with Crippen LogP contribution >= 0.6 is 0 Å². The van der Waals surface area contributed by atoms with E-state index in [1.54, 1.807) is 6.92 Å². The van der Waals surface area contributed by atoms with Crippen LogP contribution in [0.2, 0.25) is 0 Å². The SMILES string of the molecule is CC(=O)[C@H](CC1CNc2ccccc21)NC(=O)C(C)C. The van der Waals surface area contributed by atoms with E-state index >= 15 is 0 Å². The van der Waals surface area contributed by atoms with Crippen LogP contribution in [0.15, 0.2) is 24.3 Å². The maximum atomic E-state index is 11.8. The van der Waals surface area contributed by atoms with Gasteiger partial charge in [0.25, 0.3) is 0 Å². The number of amides is 1. The van der Waals surface area contributed by atoms with Crippen molar-refractivity contribution < 1.29 is 9.59 Å². The summed E-state index contributed by atoms with van der Waals surface area (Å²) in [5, 5.41) is 6.20. The highest BCUT2D eigenvalue weighted by Crippen LogP contribution is 2.34. The summed E-state index contributed by atoms with van der Waals surface area (Å²) in [6.07, 6.45) is 0.651. The summed E-state index contributed by atoms with van der Waals surface area (Å²) < 4.78 is 0. The molecule has 0 aliphatic carbocycles. The van der Waals surface area contributed by atoms with Gasteiger partial charge in [-0.25, -0.2) is 0 Å². The molecule has 0 bridgehead atoms. The molecule has 1 aliphatic heterocycles. The van der Waals surface area contributed by atoms with E-state index in [-0.39, 0.29) is 23.5 Å². The summed E-state index contributed by atoms with van der Waals surface area (Å²) in [4.78, 5) is 23.6. The smallest absolute Gasteiger partial charge is 0.223 e. The van der Waals surface area contributed by atoms with Crippen molar-refractivity contribution >= 4 is 17.4 Å². The minimum atomic E-state index is -0.400. The molecule has 2 atom stereocenters. The Labute approximate surface area is 119 Å². The average Bonchev–Trinajstić information content (AvgIpc) is 2.81. The minimum Gasteiger partial charge on any atom is -0.384 e. The number of anilines is 1. The predicted molar refractivity (Wildman–Crippen MR) is 79.7 cm³/mol. The number of para-hydroxylation sites is 1. The van der Waals surface area contributed by atoms with Crippen LogP contribution in [0.25, 0.3) is 0 Å². The van der Waals surface area contributed by atoms with Crippen molar-refractivity contribution in [2.75, 3.05) is 11.9 Å². The van der Waals surface area contributed by atoms with Gasteiger partial charge in [-0.2, -0.15) is 0 Å². The largest absolute Gasteiger partial charge is 0.384 e. The number of carbonyl (C=O) groups is 2. The second-order valence-electron chi connectivity index (χ2n) is 5.73. The maximum absolute atomic E-state index is 11.8. The van der Waals surface area contributed by atoms with Gasteiger partial charge < -0.3 is 10.6 Å². The molecule has 1 heterocycles. The number of ketones is 1. The molecule has 0 radical (unpaired) electrons. The number of hydrogen-bond donors (Lipinski definition) is 2. The highest BCUT2D eigenvalue weighted by atomic mass is 16.2. The molecule has 1 aromatic rings. The summed E-state index contributed by atoms with van der Waals surface area (Å²) in [7, 11) is 0. The molecule has 2 N–H and O–H groups in total. The molecule has 4 heteroatoms. The normalized spacial score (nSPS) is 18.3. The molecule has 1 aliphatic rings. The van der Waals surface area contributed by atoms with Gasteiger partial charge in [0, 0.05) is 24.1 Å². The molecular weight excluding hydrogens is 252 g/mol. The number of carbonyl (C=O) groups excluding carboxylic acids is 2. The summed E-state index contributed by atoms with van der Waals surface area (Å²) in [6, 6.07) is 7.74. The zero-order valence-corrected chi connectivity index (χ0v) is 12.3. The van der Waals surface area contributed by atoms with E-state index < -0.39 is 6.04 Å². The Morgan fingerprint density at radius 2 is 2.05 bits per heavy atom. The van der Waals surface area contributed by atoms with Gasteiger partial charge in [-0.15, -0.1) is 0 Å². The highest BCUT2D eigenvalue weighted by molar-refractivity contribution is 5.88. The number of Topliss-reactive ketones (excluding diaryl/α,β-unsaturated/α-hetero) is 1. The van der Waals surface area contributed by atoms with Crippen molar-refractivity contribution in [3.05, 3.63) is 29.8 Å². The van der Waals surface area contributed by atoms with Gasteiger partial charge in [-0.1, -0.05) is 32.0 Å². The van der Waals surface area contributed by atoms with Crippen LogP contribution in [0.1, 0.15) is 38.7 Å². The lowest BCUT2D eigenvalue weighted by molar-refractivity contribution is -0.129. The van der Waals surface area contributed by atoms with E-state index in [2.05, 4.69) is 16.7 Å². The van der Waals surface area contributed by atoms with E-state index in [9.17, 15) is 9.59 Å². The van der Waals surface area contributed by atoms with Gasteiger partial charge in [0.2, 0.25) is 5.91 Å². The summed E-state index contributed by atoms with van der Waals surface area (Å²) >= 11 is 0. The molecule has 0 aromatic heterocycles. The second kappa shape index (κ2) is 6.07. The van der Waals surface area contributed by atoms with Gasteiger partial charge in [0.05, 0.1) is 6.04 Å². The molecule has 1 aromatic carbocycles.